The lowest BCUT2D eigenvalue weighted by atomic mass is 10.1. The number of unbranched alkanes of at least 4 members (excludes halogenated alkanes) is 12. The fourth-order valence-corrected chi connectivity index (χ4v) is 7.51. The molecular weight excluding hydrogens is 949 g/mol. The molecule has 0 rings (SSSR count). The molecule has 6 nitrogen and oxygen atoms in total. The van der Waals surface area contributed by atoms with E-state index in [1.165, 1.54) is 19.3 Å². The molecule has 0 fully saturated rings. The van der Waals surface area contributed by atoms with Crippen LogP contribution in [0.3, 0.4) is 0 Å². The van der Waals surface area contributed by atoms with Crippen molar-refractivity contribution in [2.75, 3.05) is 13.2 Å². The zero-order valence-electron chi connectivity index (χ0n) is 48.9. The van der Waals surface area contributed by atoms with Crippen molar-refractivity contribution in [3.63, 3.8) is 0 Å². The van der Waals surface area contributed by atoms with Crippen LogP contribution in [0.15, 0.2) is 182 Å². The van der Waals surface area contributed by atoms with Gasteiger partial charge in [0, 0.05) is 12.8 Å². The molecule has 0 saturated heterocycles. The summed E-state index contributed by atoms with van der Waals surface area (Å²) in [6.07, 6.45) is 94.9. The molecule has 0 aliphatic heterocycles. The lowest BCUT2D eigenvalue weighted by molar-refractivity contribution is -0.166. The number of carbonyl (C=O) groups is 3. The van der Waals surface area contributed by atoms with Crippen LogP contribution in [0.4, 0.5) is 0 Å². The third-order valence-corrected chi connectivity index (χ3v) is 11.9. The normalized spacial score (nSPS) is 13.4. The molecule has 0 N–H and O–H groups in total. The van der Waals surface area contributed by atoms with E-state index in [1.807, 2.05) is 6.08 Å². The number of allylic oxidation sites excluding steroid dienone is 29. The van der Waals surface area contributed by atoms with Gasteiger partial charge in [-0.1, -0.05) is 254 Å². The van der Waals surface area contributed by atoms with E-state index in [4.69, 9.17) is 14.2 Å². The van der Waals surface area contributed by atoms with Crippen LogP contribution in [-0.4, -0.2) is 37.2 Å². The van der Waals surface area contributed by atoms with Gasteiger partial charge in [-0.05, 0) is 135 Å². The molecule has 1 atom stereocenters. The number of esters is 3. The molecule has 0 aliphatic carbocycles. The summed E-state index contributed by atoms with van der Waals surface area (Å²) in [5.74, 6) is -1.11. The Morgan fingerprint density at radius 2 is 0.506 bits per heavy atom. The standard InChI is InChI=1S/C71H108O6/c1-4-7-10-13-16-19-22-25-28-29-30-31-32-33-34-35-36-37-38-39-40-41-44-46-49-52-55-58-61-64-70(73)76-67-68(77-71(74)65-62-59-56-53-50-47-43-27-24-21-18-15-12-9-6-3)66-75-69(72)63-60-57-54-51-48-45-42-26-23-20-17-14-11-8-5-2/h7-12,16-21,25-28,30-31,33-34,36-37,39-40,42-43,50,53,59,62,68H,4-6,13-15,22-24,29,32,35,38,41,44-49,51-52,54-58,60-61,63-67H2,1-3H3/b10-7-,11-8-,12-9-,19-16-,20-17-,21-18-,28-25-,31-30-,34-33-,37-36-,40-39-,42-26-,43-27-,53-50-,62-59-. The van der Waals surface area contributed by atoms with Crippen molar-refractivity contribution >= 4 is 17.9 Å². The van der Waals surface area contributed by atoms with Crippen LogP contribution in [-0.2, 0) is 28.6 Å². The third-order valence-electron chi connectivity index (χ3n) is 11.9. The van der Waals surface area contributed by atoms with Crippen molar-refractivity contribution in [1.82, 2.24) is 0 Å². The lowest BCUT2D eigenvalue weighted by Crippen LogP contribution is -2.30. The van der Waals surface area contributed by atoms with E-state index < -0.39 is 12.1 Å². The minimum absolute atomic E-state index is 0.0808. The first-order valence-corrected chi connectivity index (χ1v) is 30.3. The van der Waals surface area contributed by atoms with Crippen LogP contribution in [0.5, 0.6) is 0 Å². The predicted molar refractivity (Wildman–Crippen MR) is 334 cm³/mol. The maximum absolute atomic E-state index is 12.8. The van der Waals surface area contributed by atoms with Crippen LogP contribution in [0.25, 0.3) is 0 Å². The minimum Gasteiger partial charge on any atom is -0.462 e. The van der Waals surface area contributed by atoms with Gasteiger partial charge in [-0.15, -0.1) is 0 Å². The minimum atomic E-state index is -0.855. The second-order valence-corrected chi connectivity index (χ2v) is 19.1. The molecule has 428 valence electrons. The van der Waals surface area contributed by atoms with Crippen molar-refractivity contribution in [3.05, 3.63) is 182 Å². The average molecular weight is 1060 g/mol. The van der Waals surface area contributed by atoms with Gasteiger partial charge in [0.15, 0.2) is 6.10 Å². The molecule has 77 heavy (non-hydrogen) atoms. The van der Waals surface area contributed by atoms with Gasteiger partial charge < -0.3 is 14.2 Å². The van der Waals surface area contributed by atoms with Gasteiger partial charge in [-0.3, -0.25) is 14.4 Å². The lowest BCUT2D eigenvalue weighted by Gasteiger charge is -2.18. The zero-order chi connectivity index (χ0) is 55.7. The Morgan fingerprint density at radius 3 is 0.792 bits per heavy atom. The van der Waals surface area contributed by atoms with E-state index in [2.05, 4.69) is 191 Å². The summed E-state index contributed by atoms with van der Waals surface area (Å²) in [6.45, 7) is 6.17. The zero-order valence-corrected chi connectivity index (χ0v) is 48.9. The molecule has 0 heterocycles. The Labute approximate surface area is 472 Å². The maximum atomic E-state index is 12.8. The highest BCUT2D eigenvalue weighted by atomic mass is 16.6. The fraction of sp³-hybridized carbons (Fsp3) is 0.535. The fourth-order valence-electron chi connectivity index (χ4n) is 7.51. The summed E-state index contributed by atoms with van der Waals surface area (Å²) in [5, 5.41) is 0. The number of ether oxygens (including phenoxy) is 3. The number of hydrogen-bond donors (Lipinski definition) is 0. The van der Waals surface area contributed by atoms with E-state index in [-0.39, 0.29) is 31.6 Å². The van der Waals surface area contributed by atoms with Gasteiger partial charge in [-0.2, -0.15) is 0 Å². The van der Waals surface area contributed by atoms with Crippen molar-refractivity contribution in [1.29, 1.82) is 0 Å². The highest BCUT2D eigenvalue weighted by molar-refractivity contribution is 5.72. The maximum Gasteiger partial charge on any atom is 0.310 e. The Bertz CT molecular complexity index is 1840. The first-order valence-electron chi connectivity index (χ1n) is 30.3. The monoisotopic (exact) mass is 1060 g/mol. The van der Waals surface area contributed by atoms with Crippen LogP contribution in [0.2, 0.25) is 0 Å². The third kappa shape index (κ3) is 61.2. The average Bonchev–Trinajstić information content (AvgIpc) is 3.43. The van der Waals surface area contributed by atoms with Crippen molar-refractivity contribution in [2.24, 2.45) is 0 Å². The molecule has 6 heteroatoms. The smallest absolute Gasteiger partial charge is 0.310 e. The van der Waals surface area contributed by atoms with E-state index in [9.17, 15) is 14.4 Å². The Balaban J connectivity index is 4.46. The molecule has 0 saturated carbocycles. The summed E-state index contributed by atoms with van der Waals surface area (Å²) in [6, 6.07) is 0. The molecule has 0 amide bonds. The predicted octanol–water partition coefficient (Wildman–Crippen LogP) is 20.9. The molecular formula is C71H108O6. The van der Waals surface area contributed by atoms with Crippen LogP contribution < -0.4 is 0 Å². The summed E-state index contributed by atoms with van der Waals surface area (Å²) in [5.41, 5.74) is 0. The van der Waals surface area contributed by atoms with Gasteiger partial charge in [-0.25, -0.2) is 0 Å². The van der Waals surface area contributed by atoms with Crippen LogP contribution >= 0.6 is 0 Å². The van der Waals surface area contributed by atoms with Gasteiger partial charge >= 0.3 is 17.9 Å². The summed E-state index contributed by atoms with van der Waals surface area (Å²) in [4.78, 5) is 38.2. The molecule has 0 aromatic rings. The second-order valence-electron chi connectivity index (χ2n) is 19.1. The Kier molecular flexibility index (Phi) is 58.6. The highest BCUT2D eigenvalue weighted by Crippen LogP contribution is 2.13. The molecule has 0 radical (unpaired) electrons. The van der Waals surface area contributed by atoms with Gasteiger partial charge in [0.1, 0.15) is 13.2 Å². The summed E-state index contributed by atoms with van der Waals surface area (Å²) < 4.78 is 16.7. The summed E-state index contributed by atoms with van der Waals surface area (Å²) >= 11 is 0. The largest absolute Gasteiger partial charge is 0.462 e. The second kappa shape index (κ2) is 63.0. The van der Waals surface area contributed by atoms with Gasteiger partial charge in [0.25, 0.3) is 0 Å². The number of rotatable bonds is 52. The number of carbonyl (C=O) groups excluding carboxylic acids is 3. The van der Waals surface area contributed by atoms with Crippen molar-refractivity contribution in [3.8, 4) is 0 Å². The molecule has 1 unspecified atom stereocenters. The van der Waals surface area contributed by atoms with Crippen LogP contribution in [0.1, 0.15) is 226 Å². The van der Waals surface area contributed by atoms with E-state index in [1.54, 1.807) is 6.08 Å². The summed E-state index contributed by atoms with van der Waals surface area (Å²) in [7, 11) is 0. The van der Waals surface area contributed by atoms with Gasteiger partial charge in [0.05, 0.1) is 6.42 Å². The number of hydrogen-bond acceptors (Lipinski definition) is 6. The first-order chi connectivity index (χ1) is 38.0. The van der Waals surface area contributed by atoms with Crippen molar-refractivity contribution < 1.29 is 28.6 Å². The molecule has 0 aromatic carbocycles. The van der Waals surface area contributed by atoms with Gasteiger partial charge in [0.2, 0.25) is 0 Å². The van der Waals surface area contributed by atoms with Crippen LogP contribution in [0, 0.1) is 0 Å². The SMILES string of the molecule is CC/C=C\C/C=C\C/C=C\C/C=C\C/C=C\C/C=C\C/C=C\CCCCCCCCCC(=O)OCC(COC(=O)CCCCCCC/C=C\C/C=C\C/C=C\CC)OC(=O)C/C=C\C/C=C\C/C=C\C/C=C\C/C=C\CC. The van der Waals surface area contributed by atoms with Crippen molar-refractivity contribution in [2.45, 2.75) is 232 Å². The quantitative estimate of drug-likeness (QED) is 0.0261. The molecule has 0 spiro atoms. The topological polar surface area (TPSA) is 78.9 Å². The molecule has 0 aliphatic rings. The first kappa shape index (κ1) is 71.5. The Morgan fingerprint density at radius 1 is 0.273 bits per heavy atom. The van der Waals surface area contributed by atoms with E-state index >= 15 is 0 Å². The molecule has 0 bridgehead atoms. The Hall–Kier alpha value is -5.49. The van der Waals surface area contributed by atoms with E-state index in [0.717, 1.165) is 161 Å². The molecule has 0 aromatic heterocycles. The highest BCUT2D eigenvalue weighted by Gasteiger charge is 2.19. The van der Waals surface area contributed by atoms with E-state index in [0.29, 0.717) is 19.3 Å².